The Balaban J connectivity index is 2.42. The smallest absolute Gasteiger partial charge is 0.327 e. The maximum Gasteiger partial charge on any atom is 0.327 e. The average Bonchev–Trinajstić information content (AvgIpc) is 2.24. The fraction of sp³-hybridized carbons (Fsp3) is 0.556. The Bertz CT molecular complexity index is 459. The van der Waals surface area contributed by atoms with Crippen molar-refractivity contribution in [3.8, 4) is 0 Å². The van der Waals surface area contributed by atoms with Crippen LogP contribution in [-0.4, -0.2) is 23.1 Å². The van der Waals surface area contributed by atoms with Gasteiger partial charge in [-0.25, -0.2) is 4.79 Å². The van der Waals surface area contributed by atoms with Crippen molar-refractivity contribution in [2.75, 3.05) is 18.0 Å². The van der Waals surface area contributed by atoms with Crippen LogP contribution in [0.3, 0.4) is 0 Å². The van der Waals surface area contributed by atoms with Crippen molar-refractivity contribution in [3.63, 3.8) is 0 Å². The molecule has 0 radical (unpaired) electrons. The highest BCUT2D eigenvalue weighted by Gasteiger charge is 2.16. The first-order valence-electron chi connectivity index (χ1n) is 4.95. The maximum atomic E-state index is 11.3. The number of anilines is 1. The van der Waals surface area contributed by atoms with Crippen LogP contribution in [0.5, 0.6) is 0 Å². The zero-order valence-corrected chi connectivity index (χ0v) is 8.93. The lowest BCUT2D eigenvalue weighted by Crippen LogP contribution is -2.35. The molecule has 0 amide bonds. The summed E-state index contributed by atoms with van der Waals surface area (Å²) in [4.78, 5) is 29.0. The van der Waals surface area contributed by atoms with Gasteiger partial charge in [-0.15, -0.1) is 0 Å². The third kappa shape index (κ3) is 2.07. The van der Waals surface area contributed by atoms with Gasteiger partial charge in [-0.2, -0.15) is 0 Å². The summed E-state index contributed by atoms with van der Waals surface area (Å²) in [5, 5.41) is 0.0662. The molecule has 0 spiro atoms. The second kappa shape index (κ2) is 4.10. The summed E-state index contributed by atoms with van der Waals surface area (Å²) >= 11 is 5.84. The third-order valence-corrected chi connectivity index (χ3v) is 2.89. The number of hydrogen-bond acceptors (Lipinski definition) is 3. The van der Waals surface area contributed by atoms with Crippen LogP contribution in [0.2, 0.25) is 5.02 Å². The number of nitrogens with zero attached hydrogens (tertiary/aromatic N) is 1. The van der Waals surface area contributed by atoms with Gasteiger partial charge < -0.3 is 4.90 Å². The molecule has 1 aliphatic rings. The fourth-order valence-electron chi connectivity index (χ4n) is 1.79. The van der Waals surface area contributed by atoms with E-state index in [0.717, 1.165) is 25.9 Å². The summed E-state index contributed by atoms with van der Waals surface area (Å²) in [5.74, 6) is 0.449. The number of aromatic amines is 2. The Morgan fingerprint density at radius 2 is 1.73 bits per heavy atom. The Morgan fingerprint density at radius 1 is 1.07 bits per heavy atom. The average molecular weight is 230 g/mol. The Kier molecular flexibility index (Phi) is 2.81. The van der Waals surface area contributed by atoms with Crippen molar-refractivity contribution in [3.05, 3.63) is 25.9 Å². The molecule has 1 aromatic heterocycles. The molecular weight excluding hydrogens is 218 g/mol. The van der Waals surface area contributed by atoms with Gasteiger partial charge in [0.1, 0.15) is 10.8 Å². The molecule has 1 fully saturated rings. The summed E-state index contributed by atoms with van der Waals surface area (Å²) in [6.07, 6.45) is 3.30. The quantitative estimate of drug-likeness (QED) is 0.745. The number of halogens is 1. The van der Waals surface area contributed by atoms with E-state index >= 15 is 0 Å². The Hall–Kier alpha value is -1.23. The lowest BCUT2D eigenvalue weighted by Gasteiger charge is -2.28. The van der Waals surface area contributed by atoms with Crippen LogP contribution < -0.4 is 16.1 Å². The van der Waals surface area contributed by atoms with Gasteiger partial charge in [0.2, 0.25) is 0 Å². The minimum atomic E-state index is -0.527. The van der Waals surface area contributed by atoms with E-state index in [4.69, 9.17) is 11.6 Å². The number of piperidine rings is 1. The minimum absolute atomic E-state index is 0.0662. The summed E-state index contributed by atoms with van der Waals surface area (Å²) in [7, 11) is 0. The van der Waals surface area contributed by atoms with Crippen LogP contribution >= 0.6 is 11.6 Å². The van der Waals surface area contributed by atoms with E-state index in [9.17, 15) is 9.59 Å². The topological polar surface area (TPSA) is 69.0 Å². The molecule has 15 heavy (non-hydrogen) atoms. The molecule has 6 heteroatoms. The van der Waals surface area contributed by atoms with Crippen molar-refractivity contribution in [2.45, 2.75) is 19.3 Å². The van der Waals surface area contributed by atoms with Crippen molar-refractivity contribution in [1.29, 1.82) is 0 Å². The number of H-pyrrole nitrogens is 2. The zero-order chi connectivity index (χ0) is 10.8. The van der Waals surface area contributed by atoms with Crippen LogP contribution in [-0.2, 0) is 0 Å². The molecule has 2 heterocycles. The first kappa shape index (κ1) is 10.3. The van der Waals surface area contributed by atoms with E-state index in [0.29, 0.717) is 5.82 Å². The Labute approximate surface area is 91.1 Å². The molecule has 1 saturated heterocycles. The van der Waals surface area contributed by atoms with E-state index in [1.165, 1.54) is 6.42 Å². The van der Waals surface area contributed by atoms with Crippen molar-refractivity contribution >= 4 is 17.4 Å². The van der Waals surface area contributed by atoms with E-state index in [1.807, 2.05) is 4.90 Å². The molecule has 1 aliphatic heterocycles. The first-order chi connectivity index (χ1) is 7.18. The molecule has 0 bridgehead atoms. The van der Waals surface area contributed by atoms with Gasteiger partial charge in [0, 0.05) is 13.1 Å². The number of nitrogens with one attached hydrogen (secondary N) is 2. The predicted octanol–water partition coefficient (Wildman–Crippen LogP) is 0.707. The lowest BCUT2D eigenvalue weighted by molar-refractivity contribution is 0.572. The van der Waals surface area contributed by atoms with Gasteiger partial charge in [0.25, 0.3) is 5.56 Å². The third-order valence-electron chi connectivity index (χ3n) is 2.54. The summed E-state index contributed by atoms with van der Waals surface area (Å²) in [6, 6.07) is 0. The molecule has 82 valence electrons. The second-order valence-electron chi connectivity index (χ2n) is 3.62. The standard InChI is InChI=1S/C9H12ClN3O2/c10-6-7(11-9(15)12-8(6)14)13-4-2-1-3-5-13/h1-5H2,(H2,11,12,14,15). The van der Waals surface area contributed by atoms with E-state index in [1.54, 1.807) is 0 Å². The molecule has 0 saturated carbocycles. The van der Waals surface area contributed by atoms with E-state index in [-0.39, 0.29) is 5.02 Å². The van der Waals surface area contributed by atoms with Gasteiger partial charge in [-0.3, -0.25) is 14.8 Å². The van der Waals surface area contributed by atoms with Crippen LogP contribution in [0.15, 0.2) is 9.59 Å². The summed E-state index contributed by atoms with van der Waals surface area (Å²) in [5.41, 5.74) is -1.04. The van der Waals surface area contributed by atoms with E-state index < -0.39 is 11.2 Å². The van der Waals surface area contributed by atoms with Crippen LogP contribution in [0.1, 0.15) is 19.3 Å². The molecule has 1 aromatic rings. The minimum Gasteiger partial charge on any atom is -0.357 e. The zero-order valence-electron chi connectivity index (χ0n) is 8.18. The van der Waals surface area contributed by atoms with Gasteiger partial charge in [0.15, 0.2) is 0 Å². The normalized spacial score (nSPS) is 16.7. The monoisotopic (exact) mass is 229 g/mol. The molecular formula is C9H12ClN3O2. The predicted molar refractivity (Wildman–Crippen MR) is 58.8 cm³/mol. The van der Waals surface area contributed by atoms with Gasteiger partial charge in [-0.1, -0.05) is 11.6 Å². The van der Waals surface area contributed by atoms with Crippen molar-refractivity contribution in [1.82, 2.24) is 9.97 Å². The molecule has 0 atom stereocenters. The van der Waals surface area contributed by atoms with Gasteiger partial charge >= 0.3 is 5.69 Å². The number of aromatic nitrogens is 2. The summed E-state index contributed by atoms with van der Waals surface area (Å²) in [6.45, 7) is 1.66. The molecule has 0 aromatic carbocycles. The van der Waals surface area contributed by atoms with E-state index in [2.05, 4.69) is 9.97 Å². The highest BCUT2D eigenvalue weighted by molar-refractivity contribution is 6.32. The van der Waals surface area contributed by atoms with Gasteiger partial charge in [-0.05, 0) is 19.3 Å². The highest BCUT2D eigenvalue weighted by Crippen LogP contribution is 2.21. The second-order valence-corrected chi connectivity index (χ2v) is 4.00. The largest absolute Gasteiger partial charge is 0.357 e. The van der Waals surface area contributed by atoms with Crippen molar-refractivity contribution in [2.24, 2.45) is 0 Å². The fourth-order valence-corrected chi connectivity index (χ4v) is 2.01. The molecule has 2 N–H and O–H groups in total. The van der Waals surface area contributed by atoms with Crippen molar-refractivity contribution < 1.29 is 0 Å². The lowest BCUT2D eigenvalue weighted by atomic mass is 10.1. The molecule has 2 rings (SSSR count). The number of rotatable bonds is 1. The molecule has 0 aliphatic carbocycles. The maximum absolute atomic E-state index is 11.3. The molecule has 5 nitrogen and oxygen atoms in total. The number of hydrogen-bond donors (Lipinski definition) is 2. The van der Waals surface area contributed by atoms with Crippen LogP contribution in [0.25, 0.3) is 0 Å². The van der Waals surface area contributed by atoms with Crippen LogP contribution in [0, 0.1) is 0 Å². The SMILES string of the molecule is O=c1[nH]c(N2CCCCC2)c(Cl)c(=O)[nH]1. The molecule has 0 unspecified atom stereocenters. The van der Waals surface area contributed by atoms with Crippen LogP contribution in [0.4, 0.5) is 5.82 Å². The highest BCUT2D eigenvalue weighted by atomic mass is 35.5. The first-order valence-corrected chi connectivity index (χ1v) is 5.33. The summed E-state index contributed by atoms with van der Waals surface area (Å²) < 4.78 is 0. The van der Waals surface area contributed by atoms with Gasteiger partial charge in [0.05, 0.1) is 0 Å². The Morgan fingerprint density at radius 3 is 2.40 bits per heavy atom.